The molecule has 0 atom stereocenters. The monoisotopic (exact) mass is 353 g/mol. The second-order valence-electron chi connectivity index (χ2n) is 6.53. The zero-order valence-electron chi connectivity index (χ0n) is 14.6. The average Bonchev–Trinajstić information content (AvgIpc) is 3.09. The Morgan fingerprint density at radius 3 is 2.20 bits per heavy atom. The lowest BCUT2D eigenvalue weighted by atomic mass is 10.1. The van der Waals surface area contributed by atoms with E-state index < -0.39 is 0 Å². The lowest BCUT2D eigenvalue weighted by Crippen LogP contribution is -2.34. The Balaban J connectivity index is 1.59. The van der Waals surface area contributed by atoms with Crippen LogP contribution in [-0.4, -0.2) is 24.1 Å². The minimum atomic E-state index is -0.196. The molecule has 0 aromatic heterocycles. The Bertz CT molecular complexity index is 760. The van der Waals surface area contributed by atoms with E-state index in [0.717, 1.165) is 29.9 Å². The molecular weight excluding hydrogens is 330 g/mol. The maximum Gasteiger partial charge on any atom is 0.257 e. The van der Waals surface area contributed by atoms with Crippen LogP contribution < -0.4 is 15.5 Å². The molecule has 4 nitrogen and oxygen atoms in total. The third-order valence-corrected chi connectivity index (χ3v) is 4.51. The fourth-order valence-electron chi connectivity index (χ4n) is 3.17. The molecule has 0 saturated carbocycles. The molecule has 1 aliphatic heterocycles. The highest BCUT2D eigenvalue weighted by molar-refractivity contribution is 7.80. The van der Waals surface area contributed by atoms with Gasteiger partial charge < -0.3 is 10.2 Å². The number of hydrogen-bond donors (Lipinski definition) is 2. The number of aryl methyl sites for hydroxylation is 2. The van der Waals surface area contributed by atoms with Crippen LogP contribution in [0.25, 0.3) is 0 Å². The predicted octanol–water partition coefficient (Wildman–Crippen LogP) is 4.03. The highest BCUT2D eigenvalue weighted by atomic mass is 32.1. The van der Waals surface area contributed by atoms with Crippen molar-refractivity contribution in [2.45, 2.75) is 26.7 Å². The Morgan fingerprint density at radius 1 is 1.00 bits per heavy atom. The minimum Gasteiger partial charge on any atom is -0.372 e. The van der Waals surface area contributed by atoms with Crippen molar-refractivity contribution in [1.82, 2.24) is 5.32 Å². The SMILES string of the molecule is Cc1cc(C)cc(C(=O)NC(=S)Nc2ccc(N3CCCC3)cc2)c1. The van der Waals surface area contributed by atoms with Gasteiger partial charge in [0, 0.05) is 30.0 Å². The third-order valence-electron chi connectivity index (χ3n) is 4.31. The fraction of sp³-hybridized carbons (Fsp3) is 0.300. The van der Waals surface area contributed by atoms with Crippen molar-refractivity contribution < 1.29 is 4.79 Å². The van der Waals surface area contributed by atoms with Crippen LogP contribution in [0.1, 0.15) is 34.3 Å². The summed E-state index contributed by atoms with van der Waals surface area (Å²) in [6.45, 7) is 6.19. The van der Waals surface area contributed by atoms with Crippen LogP contribution in [0.3, 0.4) is 0 Å². The quantitative estimate of drug-likeness (QED) is 0.818. The summed E-state index contributed by atoms with van der Waals surface area (Å²) >= 11 is 5.26. The number of rotatable bonds is 3. The Morgan fingerprint density at radius 2 is 1.60 bits per heavy atom. The van der Waals surface area contributed by atoms with Crippen molar-refractivity contribution in [3.05, 3.63) is 59.2 Å². The summed E-state index contributed by atoms with van der Waals surface area (Å²) in [5.41, 5.74) is 4.83. The summed E-state index contributed by atoms with van der Waals surface area (Å²) in [6.07, 6.45) is 2.52. The number of hydrogen-bond acceptors (Lipinski definition) is 3. The van der Waals surface area contributed by atoms with Gasteiger partial charge in [-0.25, -0.2) is 0 Å². The van der Waals surface area contributed by atoms with E-state index in [1.807, 2.05) is 44.2 Å². The normalized spacial score (nSPS) is 13.6. The molecule has 0 spiro atoms. The van der Waals surface area contributed by atoms with Crippen molar-refractivity contribution >= 4 is 34.6 Å². The van der Waals surface area contributed by atoms with E-state index in [2.05, 4.69) is 27.7 Å². The van der Waals surface area contributed by atoms with Gasteiger partial charge in [0.25, 0.3) is 5.91 Å². The van der Waals surface area contributed by atoms with Gasteiger partial charge >= 0.3 is 0 Å². The van der Waals surface area contributed by atoms with E-state index in [1.54, 1.807) is 0 Å². The predicted molar refractivity (Wildman–Crippen MR) is 107 cm³/mol. The van der Waals surface area contributed by atoms with Gasteiger partial charge in [0.05, 0.1) is 0 Å². The molecule has 0 bridgehead atoms. The number of amides is 1. The van der Waals surface area contributed by atoms with E-state index in [4.69, 9.17) is 12.2 Å². The molecule has 5 heteroatoms. The number of nitrogens with zero attached hydrogens (tertiary/aromatic N) is 1. The first-order chi connectivity index (χ1) is 12.0. The molecule has 0 unspecified atom stereocenters. The highest BCUT2D eigenvalue weighted by Crippen LogP contribution is 2.22. The van der Waals surface area contributed by atoms with Gasteiger partial charge in [-0.3, -0.25) is 10.1 Å². The molecule has 1 saturated heterocycles. The summed E-state index contributed by atoms with van der Waals surface area (Å²) in [7, 11) is 0. The number of carbonyl (C=O) groups is 1. The van der Waals surface area contributed by atoms with E-state index in [-0.39, 0.29) is 5.91 Å². The lowest BCUT2D eigenvalue weighted by Gasteiger charge is -2.18. The van der Waals surface area contributed by atoms with Crippen LogP contribution >= 0.6 is 12.2 Å². The summed E-state index contributed by atoms with van der Waals surface area (Å²) in [5.74, 6) is -0.196. The molecule has 0 radical (unpaired) electrons. The summed E-state index contributed by atoms with van der Waals surface area (Å²) in [6, 6.07) is 13.9. The molecule has 0 aliphatic carbocycles. The maximum absolute atomic E-state index is 12.3. The number of benzene rings is 2. The molecule has 130 valence electrons. The van der Waals surface area contributed by atoms with E-state index >= 15 is 0 Å². The standard InChI is InChI=1S/C20H23N3OS/c1-14-11-15(2)13-16(12-14)19(24)22-20(25)21-17-5-7-18(8-6-17)23-9-3-4-10-23/h5-8,11-13H,3-4,9-10H2,1-2H3,(H2,21,22,24,25). The van der Waals surface area contributed by atoms with Gasteiger partial charge in [-0.15, -0.1) is 0 Å². The number of nitrogens with one attached hydrogen (secondary N) is 2. The van der Waals surface area contributed by atoms with Crippen LogP contribution in [-0.2, 0) is 0 Å². The number of thiocarbonyl (C=S) groups is 1. The summed E-state index contributed by atoms with van der Waals surface area (Å²) in [4.78, 5) is 14.7. The molecule has 1 aliphatic rings. The molecule has 1 amide bonds. The van der Waals surface area contributed by atoms with E-state index in [1.165, 1.54) is 18.5 Å². The second kappa shape index (κ2) is 7.66. The molecule has 3 rings (SSSR count). The number of anilines is 2. The van der Waals surface area contributed by atoms with Crippen LogP contribution in [0.4, 0.5) is 11.4 Å². The third kappa shape index (κ3) is 4.57. The van der Waals surface area contributed by atoms with Crippen molar-refractivity contribution in [3.63, 3.8) is 0 Å². The van der Waals surface area contributed by atoms with Gasteiger partial charge in [0.1, 0.15) is 0 Å². The van der Waals surface area contributed by atoms with Crippen molar-refractivity contribution in [2.75, 3.05) is 23.3 Å². The van der Waals surface area contributed by atoms with Gasteiger partial charge in [-0.05, 0) is 75.3 Å². The van der Waals surface area contributed by atoms with E-state index in [9.17, 15) is 4.79 Å². The van der Waals surface area contributed by atoms with Crippen molar-refractivity contribution in [1.29, 1.82) is 0 Å². The largest absolute Gasteiger partial charge is 0.372 e. The van der Waals surface area contributed by atoms with Gasteiger partial charge in [0.2, 0.25) is 0 Å². The molecule has 2 aromatic carbocycles. The van der Waals surface area contributed by atoms with E-state index in [0.29, 0.717) is 10.7 Å². The van der Waals surface area contributed by atoms with Gasteiger partial charge in [0.15, 0.2) is 5.11 Å². The smallest absolute Gasteiger partial charge is 0.257 e. The Labute approximate surface area is 154 Å². The average molecular weight is 353 g/mol. The van der Waals surface area contributed by atoms with Crippen molar-refractivity contribution in [2.24, 2.45) is 0 Å². The molecule has 25 heavy (non-hydrogen) atoms. The van der Waals surface area contributed by atoms with Crippen LogP contribution in [0.2, 0.25) is 0 Å². The topological polar surface area (TPSA) is 44.4 Å². The molecule has 1 fully saturated rings. The molecule has 2 aromatic rings. The maximum atomic E-state index is 12.3. The van der Waals surface area contributed by atoms with Crippen molar-refractivity contribution in [3.8, 4) is 0 Å². The van der Waals surface area contributed by atoms with Crippen LogP contribution in [0, 0.1) is 13.8 Å². The highest BCUT2D eigenvalue weighted by Gasteiger charge is 2.12. The first kappa shape index (κ1) is 17.4. The van der Waals surface area contributed by atoms with Gasteiger partial charge in [-0.2, -0.15) is 0 Å². The summed E-state index contributed by atoms with van der Waals surface area (Å²) < 4.78 is 0. The zero-order chi connectivity index (χ0) is 17.8. The number of carbonyl (C=O) groups excluding carboxylic acids is 1. The molecular formula is C20H23N3OS. The van der Waals surface area contributed by atoms with Crippen LogP contribution in [0.5, 0.6) is 0 Å². The molecule has 2 N–H and O–H groups in total. The Hall–Kier alpha value is -2.40. The van der Waals surface area contributed by atoms with Gasteiger partial charge in [-0.1, -0.05) is 17.2 Å². The summed E-state index contributed by atoms with van der Waals surface area (Å²) in [5, 5.41) is 6.11. The zero-order valence-corrected chi connectivity index (χ0v) is 15.5. The molecule has 1 heterocycles. The first-order valence-electron chi connectivity index (χ1n) is 8.57. The van der Waals surface area contributed by atoms with Crippen LogP contribution in [0.15, 0.2) is 42.5 Å². The minimum absolute atomic E-state index is 0.196. The lowest BCUT2D eigenvalue weighted by molar-refractivity contribution is 0.0977. The second-order valence-corrected chi connectivity index (χ2v) is 6.93. The first-order valence-corrected chi connectivity index (χ1v) is 8.98. The Kier molecular flexibility index (Phi) is 5.34. The fourth-order valence-corrected chi connectivity index (χ4v) is 3.38.